The Bertz CT molecular complexity index is 741. The van der Waals surface area contributed by atoms with Gasteiger partial charge in [0.2, 0.25) is 11.8 Å². The van der Waals surface area contributed by atoms with Crippen LogP contribution in [-0.2, 0) is 20.7 Å². The molecule has 3 saturated heterocycles. The van der Waals surface area contributed by atoms with Gasteiger partial charge in [-0.05, 0) is 62.6 Å². The molecule has 0 aliphatic carbocycles. The Kier molecular flexibility index (Phi) is 6.61. The average Bonchev–Trinajstić information content (AvgIpc) is 2.80. The van der Waals surface area contributed by atoms with Crippen LogP contribution in [0.3, 0.4) is 0 Å². The minimum absolute atomic E-state index is 0.0327. The summed E-state index contributed by atoms with van der Waals surface area (Å²) in [6, 6.07) is 7.66. The van der Waals surface area contributed by atoms with Crippen LogP contribution in [0.15, 0.2) is 24.3 Å². The summed E-state index contributed by atoms with van der Waals surface area (Å²) in [5.41, 5.74) is 0.995. The summed E-state index contributed by atoms with van der Waals surface area (Å²) in [7, 11) is 1.63. The normalized spacial score (nSPS) is 22.2. The van der Waals surface area contributed by atoms with Crippen molar-refractivity contribution in [1.82, 2.24) is 9.80 Å². The molecule has 3 heterocycles. The number of hydrogen-bond acceptors (Lipinski definition) is 4. The van der Waals surface area contributed by atoms with Crippen molar-refractivity contribution >= 4 is 11.8 Å². The fourth-order valence-electron chi connectivity index (χ4n) is 5.14. The number of hydrogen-bond donors (Lipinski definition) is 0. The molecule has 6 heteroatoms. The van der Waals surface area contributed by atoms with E-state index in [-0.39, 0.29) is 23.3 Å². The topological polar surface area (TPSA) is 59.1 Å². The summed E-state index contributed by atoms with van der Waals surface area (Å²) in [6.07, 6.45) is 7.40. The van der Waals surface area contributed by atoms with E-state index >= 15 is 0 Å². The van der Waals surface area contributed by atoms with Crippen LogP contribution < -0.4 is 4.74 Å². The highest BCUT2D eigenvalue weighted by Gasteiger charge is 2.39. The van der Waals surface area contributed by atoms with Crippen molar-refractivity contribution in [3.8, 4) is 5.75 Å². The Hall–Kier alpha value is -2.08. The van der Waals surface area contributed by atoms with Gasteiger partial charge in [0, 0.05) is 38.7 Å². The molecule has 2 amide bonds. The Morgan fingerprint density at radius 2 is 1.83 bits per heavy atom. The lowest BCUT2D eigenvalue weighted by Crippen LogP contribution is -2.52. The van der Waals surface area contributed by atoms with Crippen LogP contribution in [0.25, 0.3) is 0 Å². The zero-order chi connectivity index (χ0) is 21.0. The highest BCUT2D eigenvalue weighted by molar-refractivity contribution is 5.81. The number of amides is 2. The van der Waals surface area contributed by atoms with Gasteiger partial charge < -0.3 is 19.3 Å². The number of nitrogens with zero attached hydrogens (tertiary/aromatic N) is 2. The third-order valence-electron chi connectivity index (χ3n) is 7.11. The Balaban J connectivity index is 1.24. The van der Waals surface area contributed by atoms with E-state index in [1.807, 2.05) is 34.1 Å². The zero-order valence-electron chi connectivity index (χ0n) is 18.1. The maximum Gasteiger partial charge on any atom is 0.226 e. The molecule has 0 saturated carbocycles. The quantitative estimate of drug-likeness (QED) is 0.760. The van der Waals surface area contributed by atoms with Crippen molar-refractivity contribution in [3.63, 3.8) is 0 Å². The number of likely N-dealkylation sites (tertiary alicyclic amines) is 2. The molecule has 0 atom stereocenters. The predicted octanol–water partition coefficient (Wildman–Crippen LogP) is 3.04. The standard InChI is InChI=1S/C24H34N2O4/c1-29-21-6-4-5-19(17-21)18-22(27)25-12-7-20(8-13-25)23(28)26-14-10-24(11-15-26)9-2-3-16-30-24/h4-6,17,20H,2-3,7-16,18H2,1H3. The van der Waals surface area contributed by atoms with Crippen molar-refractivity contribution in [3.05, 3.63) is 29.8 Å². The number of rotatable bonds is 4. The molecular formula is C24H34N2O4. The van der Waals surface area contributed by atoms with Gasteiger partial charge in [0.1, 0.15) is 5.75 Å². The Labute approximate surface area is 179 Å². The molecule has 164 valence electrons. The molecule has 0 unspecified atom stereocenters. The van der Waals surface area contributed by atoms with Crippen LogP contribution in [0.4, 0.5) is 0 Å². The Morgan fingerprint density at radius 3 is 2.50 bits per heavy atom. The van der Waals surface area contributed by atoms with Crippen LogP contribution in [0.5, 0.6) is 5.75 Å². The summed E-state index contributed by atoms with van der Waals surface area (Å²) in [5, 5.41) is 0. The molecule has 1 aromatic carbocycles. The number of benzene rings is 1. The number of carbonyl (C=O) groups is 2. The summed E-state index contributed by atoms with van der Waals surface area (Å²) in [6.45, 7) is 3.83. The van der Waals surface area contributed by atoms with E-state index in [4.69, 9.17) is 9.47 Å². The van der Waals surface area contributed by atoms with Gasteiger partial charge in [0.25, 0.3) is 0 Å². The summed E-state index contributed by atoms with van der Waals surface area (Å²) in [5.74, 6) is 1.22. The molecule has 0 bridgehead atoms. The van der Waals surface area contributed by atoms with E-state index in [9.17, 15) is 9.59 Å². The van der Waals surface area contributed by atoms with Crippen LogP contribution in [0, 0.1) is 5.92 Å². The monoisotopic (exact) mass is 414 g/mol. The number of ether oxygens (including phenoxy) is 2. The summed E-state index contributed by atoms with van der Waals surface area (Å²) < 4.78 is 11.3. The smallest absolute Gasteiger partial charge is 0.226 e. The highest BCUT2D eigenvalue weighted by atomic mass is 16.5. The van der Waals surface area contributed by atoms with E-state index in [0.717, 1.165) is 63.1 Å². The van der Waals surface area contributed by atoms with E-state index in [0.29, 0.717) is 19.5 Å². The molecule has 30 heavy (non-hydrogen) atoms. The van der Waals surface area contributed by atoms with Crippen molar-refractivity contribution in [2.75, 3.05) is 39.9 Å². The molecule has 1 spiro atoms. The highest BCUT2D eigenvalue weighted by Crippen LogP contribution is 2.35. The van der Waals surface area contributed by atoms with E-state index in [2.05, 4.69) is 0 Å². The molecule has 3 aliphatic heterocycles. The van der Waals surface area contributed by atoms with Crippen LogP contribution >= 0.6 is 0 Å². The van der Waals surface area contributed by atoms with Crippen molar-refractivity contribution in [1.29, 1.82) is 0 Å². The van der Waals surface area contributed by atoms with E-state index < -0.39 is 0 Å². The molecule has 4 rings (SSSR count). The fourth-order valence-corrected chi connectivity index (χ4v) is 5.14. The second-order valence-corrected chi connectivity index (χ2v) is 9.00. The molecule has 3 aliphatic rings. The number of methoxy groups -OCH3 is 1. The van der Waals surface area contributed by atoms with Crippen LogP contribution in [0.1, 0.15) is 50.5 Å². The molecule has 0 N–H and O–H groups in total. The maximum atomic E-state index is 13.0. The lowest BCUT2D eigenvalue weighted by atomic mass is 9.84. The first-order valence-electron chi connectivity index (χ1n) is 11.4. The minimum Gasteiger partial charge on any atom is -0.497 e. The van der Waals surface area contributed by atoms with Gasteiger partial charge >= 0.3 is 0 Å². The van der Waals surface area contributed by atoms with Crippen LogP contribution in [-0.4, -0.2) is 67.1 Å². The zero-order valence-corrected chi connectivity index (χ0v) is 18.1. The van der Waals surface area contributed by atoms with E-state index in [1.54, 1.807) is 7.11 Å². The third-order valence-corrected chi connectivity index (χ3v) is 7.11. The third kappa shape index (κ3) is 4.80. The van der Waals surface area contributed by atoms with Gasteiger partial charge in [-0.1, -0.05) is 12.1 Å². The lowest BCUT2D eigenvalue weighted by molar-refractivity contribution is -0.149. The number of carbonyl (C=O) groups excluding carboxylic acids is 2. The van der Waals surface area contributed by atoms with Crippen LogP contribution in [0.2, 0.25) is 0 Å². The van der Waals surface area contributed by atoms with E-state index in [1.165, 1.54) is 12.8 Å². The lowest BCUT2D eigenvalue weighted by Gasteiger charge is -2.45. The average molecular weight is 415 g/mol. The van der Waals surface area contributed by atoms with Gasteiger partial charge in [-0.2, -0.15) is 0 Å². The predicted molar refractivity (Wildman–Crippen MR) is 114 cm³/mol. The van der Waals surface area contributed by atoms with Gasteiger partial charge in [0.05, 0.1) is 19.1 Å². The first-order chi connectivity index (χ1) is 14.6. The van der Waals surface area contributed by atoms with Gasteiger partial charge in [-0.3, -0.25) is 9.59 Å². The van der Waals surface area contributed by atoms with Crippen molar-refractivity contribution in [2.45, 2.75) is 57.0 Å². The fraction of sp³-hybridized carbons (Fsp3) is 0.667. The molecule has 0 aromatic heterocycles. The number of piperidine rings is 2. The van der Waals surface area contributed by atoms with Crippen molar-refractivity contribution in [2.24, 2.45) is 5.92 Å². The summed E-state index contributed by atoms with van der Waals surface area (Å²) in [4.78, 5) is 29.7. The summed E-state index contributed by atoms with van der Waals surface area (Å²) >= 11 is 0. The maximum absolute atomic E-state index is 13.0. The van der Waals surface area contributed by atoms with Gasteiger partial charge in [-0.15, -0.1) is 0 Å². The molecule has 3 fully saturated rings. The first-order valence-corrected chi connectivity index (χ1v) is 11.4. The molecule has 6 nitrogen and oxygen atoms in total. The van der Waals surface area contributed by atoms with Crippen molar-refractivity contribution < 1.29 is 19.1 Å². The second kappa shape index (κ2) is 9.38. The molecule has 1 aromatic rings. The second-order valence-electron chi connectivity index (χ2n) is 9.00. The van der Waals surface area contributed by atoms with Gasteiger partial charge in [-0.25, -0.2) is 0 Å². The molecular weight excluding hydrogens is 380 g/mol. The molecule has 0 radical (unpaired) electrons. The minimum atomic E-state index is 0.0327. The van der Waals surface area contributed by atoms with Gasteiger partial charge in [0.15, 0.2) is 0 Å². The Morgan fingerprint density at radius 1 is 1.07 bits per heavy atom. The SMILES string of the molecule is COc1cccc(CC(=O)N2CCC(C(=O)N3CCC4(CCCCO4)CC3)CC2)c1. The largest absolute Gasteiger partial charge is 0.497 e. The first kappa shape index (κ1) is 21.2.